The molecule has 1 heterocycles. The number of nitriles is 1. The average molecular weight is 722 g/mol. The first-order chi connectivity index (χ1) is 24.4. The highest BCUT2D eigenvalue weighted by atomic mass is 35.5. The van der Waals surface area contributed by atoms with Gasteiger partial charge in [-0.15, -0.1) is 0 Å². The Morgan fingerprint density at radius 1 is 0.940 bits per heavy atom. The maximum absolute atomic E-state index is 9.47. The maximum Gasteiger partial charge on any atom is 0.142 e. The van der Waals surface area contributed by atoms with Crippen LogP contribution in [0.3, 0.4) is 0 Å². The number of pyridine rings is 1. The van der Waals surface area contributed by atoms with Gasteiger partial charge in [0.2, 0.25) is 0 Å². The van der Waals surface area contributed by atoms with Gasteiger partial charge in [0.05, 0.1) is 34.9 Å². The van der Waals surface area contributed by atoms with Gasteiger partial charge in [0, 0.05) is 54.8 Å². The van der Waals surface area contributed by atoms with Crippen molar-refractivity contribution in [1.82, 2.24) is 15.6 Å². The fourth-order valence-electron chi connectivity index (χ4n) is 5.84. The molecule has 10 nitrogen and oxygen atoms in total. The van der Waals surface area contributed by atoms with Gasteiger partial charge in [-0.2, -0.15) is 5.26 Å². The fraction of sp³-hybridized carbons (Fsp3) is 0.368. The Balaban J connectivity index is 1.31. The van der Waals surface area contributed by atoms with Crippen LogP contribution >= 0.6 is 23.2 Å². The molecular weight excluding hydrogens is 679 g/mol. The molecule has 3 aromatic carbocycles. The van der Waals surface area contributed by atoms with E-state index in [0.29, 0.717) is 78.5 Å². The van der Waals surface area contributed by atoms with Gasteiger partial charge in [0.25, 0.3) is 0 Å². The number of aliphatic hydroxyl groups excluding tert-OH is 3. The lowest BCUT2D eigenvalue weighted by Gasteiger charge is -2.20. The van der Waals surface area contributed by atoms with Gasteiger partial charge in [0.15, 0.2) is 0 Å². The van der Waals surface area contributed by atoms with Crippen LogP contribution in [0.2, 0.25) is 10.0 Å². The molecule has 264 valence electrons. The van der Waals surface area contributed by atoms with E-state index in [0.717, 1.165) is 46.2 Å². The summed E-state index contributed by atoms with van der Waals surface area (Å²) < 4.78 is 18.9. The van der Waals surface area contributed by atoms with E-state index in [9.17, 15) is 15.5 Å². The van der Waals surface area contributed by atoms with Crippen molar-refractivity contribution >= 4 is 23.2 Å². The Hall–Kier alpha value is -3.92. The molecule has 0 bridgehead atoms. The molecule has 0 saturated heterocycles. The van der Waals surface area contributed by atoms with E-state index < -0.39 is 6.10 Å². The maximum atomic E-state index is 9.47. The Kier molecular flexibility index (Phi) is 14.1. The largest absolute Gasteiger partial charge is 0.492 e. The molecular formula is C38H42Cl2N4O6. The predicted octanol–water partition coefficient (Wildman–Crippen LogP) is 5.76. The van der Waals surface area contributed by atoms with Crippen LogP contribution in [0.5, 0.6) is 17.2 Å². The van der Waals surface area contributed by atoms with Crippen LogP contribution in [-0.4, -0.2) is 65.9 Å². The summed E-state index contributed by atoms with van der Waals surface area (Å²) in [7, 11) is 0. The molecule has 1 unspecified atom stereocenters. The number of aromatic nitrogens is 1. The van der Waals surface area contributed by atoms with Crippen molar-refractivity contribution in [3.8, 4) is 34.4 Å². The van der Waals surface area contributed by atoms with Crippen molar-refractivity contribution in [1.29, 1.82) is 5.26 Å². The summed E-state index contributed by atoms with van der Waals surface area (Å²) in [6, 6.07) is 19.4. The number of benzene rings is 3. The van der Waals surface area contributed by atoms with Crippen LogP contribution in [0.4, 0.5) is 0 Å². The highest BCUT2D eigenvalue weighted by molar-refractivity contribution is 6.35. The zero-order valence-electron chi connectivity index (χ0n) is 27.7. The Labute approximate surface area is 302 Å². The first-order valence-corrected chi connectivity index (χ1v) is 17.5. The second-order valence-corrected chi connectivity index (χ2v) is 12.8. The van der Waals surface area contributed by atoms with Crippen molar-refractivity contribution in [3.63, 3.8) is 0 Å². The Bertz CT molecular complexity index is 1770. The average Bonchev–Trinajstić information content (AvgIpc) is 3.55. The Morgan fingerprint density at radius 2 is 1.76 bits per heavy atom. The minimum absolute atomic E-state index is 0.0976. The van der Waals surface area contributed by atoms with Gasteiger partial charge in [-0.05, 0) is 73.7 Å². The molecule has 5 N–H and O–H groups in total. The van der Waals surface area contributed by atoms with E-state index in [1.807, 2.05) is 36.4 Å². The molecule has 4 aromatic rings. The number of hydrogen-bond acceptors (Lipinski definition) is 10. The normalized spacial score (nSPS) is 14.2. The summed E-state index contributed by atoms with van der Waals surface area (Å²) in [5, 5.41) is 44.3. The lowest BCUT2D eigenvalue weighted by Crippen LogP contribution is -2.30. The highest BCUT2D eigenvalue weighted by Gasteiger charge is 2.28. The monoisotopic (exact) mass is 720 g/mol. The van der Waals surface area contributed by atoms with Crippen LogP contribution < -0.4 is 24.8 Å². The number of nitrogens with zero attached hydrogens (tertiary/aromatic N) is 2. The van der Waals surface area contributed by atoms with Crippen LogP contribution in [-0.2, 0) is 19.6 Å². The van der Waals surface area contributed by atoms with Gasteiger partial charge in [0.1, 0.15) is 36.0 Å². The SMILES string of the molecule is N#Cc1cncc(COc2cc(OC3CCc4c(-c5cccc(OCCCNC[C@H](O)CO)c5Cl)cccc43)c(Cl)cc2CNCCCO)c1. The molecule has 1 aromatic heterocycles. The summed E-state index contributed by atoms with van der Waals surface area (Å²) >= 11 is 13.7. The summed E-state index contributed by atoms with van der Waals surface area (Å²) in [5.74, 6) is 1.70. The number of hydrogen-bond donors (Lipinski definition) is 5. The summed E-state index contributed by atoms with van der Waals surface area (Å²) in [4.78, 5) is 4.14. The van der Waals surface area contributed by atoms with Crippen LogP contribution in [0, 0.1) is 11.3 Å². The number of aliphatic hydroxyl groups is 3. The molecule has 0 saturated carbocycles. The molecule has 1 aliphatic rings. The third-order valence-electron chi connectivity index (χ3n) is 8.34. The van der Waals surface area contributed by atoms with Gasteiger partial charge in [-0.3, -0.25) is 4.98 Å². The zero-order valence-corrected chi connectivity index (χ0v) is 29.2. The van der Waals surface area contributed by atoms with Crippen molar-refractivity contribution < 1.29 is 29.5 Å². The predicted molar refractivity (Wildman–Crippen MR) is 193 cm³/mol. The molecule has 0 fully saturated rings. The summed E-state index contributed by atoms with van der Waals surface area (Å²) in [5.41, 5.74) is 6.19. The number of nitrogens with one attached hydrogen (secondary N) is 2. The number of fused-ring (bicyclic) bond motifs is 1. The van der Waals surface area contributed by atoms with Crippen molar-refractivity contribution in [3.05, 3.63) is 105 Å². The van der Waals surface area contributed by atoms with E-state index in [1.165, 1.54) is 6.20 Å². The third-order valence-corrected chi connectivity index (χ3v) is 9.03. The van der Waals surface area contributed by atoms with Gasteiger partial charge in [-0.1, -0.05) is 53.5 Å². The summed E-state index contributed by atoms with van der Waals surface area (Å²) in [6.45, 7) is 2.55. The summed E-state index contributed by atoms with van der Waals surface area (Å²) in [6.07, 6.45) is 5.04. The molecule has 0 radical (unpaired) electrons. The van der Waals surface area contributed by atoms with Gasteiger partial charge < -0.3 is 40.2 Å². The number of halogens is 2. The van der Waals surface area contributed by atoms with E-state index in [2.05, 4.69) is 33.8 Å². The molecule has 0 amide bonds. The van der Waals surface area contributed by atoms with Gasteiger partial charge >= 0.3 is 0 Å². The highest BCUT2D eigenvalue weighted by Crippen LogP contribution is 2.45. The fourth-order valence-corrected chi connectivity index (χ4v) is 6.35. The molecule has 0 spiro atoms. The number of rotatable bonds is 19. The smallest absolute Gasteiger partial charge is 0.142 e. The molecule has 1 aliphatic carbocycles. The first kappa shape index (κ1) is 37.3. The van der Waals surface area contributed by atoms with Crippen molar-refractivity contribution in [2.45, 2.75) is 51.0 Å². The van der Waals surface area contributed by atoms with E-state index in [1.54, 1.807) is 12.3 Å². The lowest BCUT2D eigenvalue weighted by atomic mass is 9.96. The standard InChI is InChI=1S/C38H42Cl2N4O6/c39-33-16-27(21-42-11-3-13-45)36(49-24-26-15-25(18-41)19-44-20-26)17-37(33)50-34-10-9-30-29(5-1-6-31(30)34)32-7-2-8-35(38(32)40)48-14-4-12-43-22-28(47)23-46/h1-2,5-8,15-17,19-20,28,34,42-43,45-47H,3-4,9-14,21-24H2/t28-,34?/m0/s1. The van der Waals surface area contributed by atoms with E-state index in [-0.39, 0.29) is 25.9 Å². The third kappa shape index (κ3) is 9.86. The second-order valence-electron chi connectivity index (χ2n) is 12.0. The molecule has 12 heteroatoms. The topological polar surface area (TPSA) is 149 Å². The lowest BCUT2D eigenvalue weighted by molar-refractivity contribution is 0.0942. The molecule has 5 rings (SSSR count). The Morgan fingerprint density at radius 3 is 2.58 bits per heavy atom. The molecule has 2 atom stereocenters. The van der Waals surface area contributed by atoms with Gasteiger partial charge in [-0.25, -0.2) is 0 Å². The van der Waals surface area contributed by atoms with Crippen molar-refractivity contribution in [2.24, 2.45) is 0 Å². The molecule has 50 heavy (non-hydrogen) atoms. The van der Waals surface area contributed by atoms with Crippen LogP contribution in [0.25, 0.3) is 11.1 Å². The number of ether oxygens (including phenoxy) is 3. The van der Waals surface area contributed by atoms with Crippen molar-refractivity contribution in [2.75, 3.05) is 39.5 Å². The van der Waals surface area contributed by atoms with Crippen LogP contribution in [0.15, 0.2) is 67.0 Å². The molecule has 0 aliphatic heterocycles. The minimum Gasteiger partial charge on any atom is -0.492 e. The first-order valence-electron chi connectivity index (χ1n) is 16.7. The zero-order chi connectivity index (χ0) is 35.3. The van der Waals surface area contributed by atoms with E-state index in [4.69, 9.17) is 42.5 Å². The minimum atomic E-state index is -0.775. The quantitative estimate of drug-likeness (QED) is 0.0758. The van der Waals surface area contributed by atoms with Crippen LogP contribution in [0.1, 0.15) is 53.2 Å². The van der Waals surface area contributed by atoms with E-state index >= 15 is 0 Å². The second kappa shape index (κ2) is 18.9.